The van der Waals surface area contributed by atoms with Gasteiger partial charge in [0.1, 0.15) is 5.82 Å². The second-order valence-electron chi connectivity index (χ2n) is 6.80. The van der Waals surface area contributed by atoms with Gasteiger partial charge in [0.05, 0.1) is 5.56 Å². The van der Waals surface area contributed by atoms with Crippen LogP contribution in [0.4, 0.5) is 0 Å². The Morgan fingerprint density at radius 1 is 1.23 bits per heavy atom. The zero-order chi connectivity index (χ0) is 17.3. The molecule has 1 unspecified atom stereocenters. The molecule has 0 spiro atoms. The minimum atomic E-state index is 0. The zero-order valence-electron chi connectivity index (χ0n) is 15.5. The maximum Gasteiger partial charge on any atom is 0.255 e. The topological polar surface area (TPSA) is 64.2 Å². The number of amides is 1. The molecule has 2 N–H and O–H groups in total. The van der Waals surface area contributed by atoms with Crippen molar-refractivity contribution in [3.05, 3.63) is 47.4 Å². The predicted molar refractivity (Wildman–Crippen MR) is 110 cm³/mol. The number of rotatable bonds is 3. The third kappa shape index (κ3) is 4.40. The summed E-state index contributed by atoms with van der Waals surface area (Å²) >= 11 is 0. The number of aryl methyl sites for hydroxylation is 1. The van der Waals surface area contributed by atoms with Gasteiger partial charge < -0.3 is 15.2 Å². The van der Waals surface area contributed by atoms with E-state index in [9.17, 15) is 4.79 Å². The largest absolute Gasteiger partial charge is 0.339 e. The van der Waals surface area contributed by atoms with Crippen LogP contribution in [0.15, 0.2) is 30.5 Å². The lowest BCUT2D eigenvalue weighted by Crippen LogP contribution is -2.42. The van der Waals surface area contributed by atoms with E-state index in [-0.39, 0.29) is 36.8 Å². The normalized spacial score (nSPS) is 15.8. The van der Waals surface area contributed by atoms with E-state index in [1.54, 1.807) is 6.20 Å². The SMILES string of the molecule is Cc1cc(C(=O)N2CCC(C(C)N)CC2)c(C)n1-c1ccccn1.Cl.Cl. The van der Waals surface area contributed by atoms with Crippen LogP contribution in [0.2, 0.25) is 0 Å². The highest BCUT2D eigenvalue weighted by atomic mass is 35.5. The highest BCUT2D eigenvalue weighted by Gasteiger charge is 2.27. The first-order chi connectivity index (χ1) is 11.5. The maximum absolute atomic E-state index is 13.0. The molecule has 3 heterocycles. The first kappa shape index (κ1) is 22.5. The number of carbonyl (C=O) groups excluding carboxylic acids is 1. The van der Waals surface area contributed by atoms with Gasteiger partial charge in [-0.2, -0.15) is 0 Å². The molecule has 1 aliphatic rings. The van der Waals surface area contributed by atoms with Gasteiger partial charge in [-0.3, -0.25) is 4.79 Å². The van der Waals surface area contributed by atoms with E-state index in [2.05, 4.69) is 11.9 Å². The molecule has 0 aliphatic carbocycles. The average molecular weight is 399 g/mol. The van der Waals surface area contributed by atoms with Crippen molar-refractivity contribution in [2.24, 2.45) is 11.7 Å². The molecule has 0 saturated carbocycles. The molecule has 3 rings (SSSR count). The lowest BCUT2D eigenvalue weighted by atomic mass is 9.90. The van der Waals surface area contributed by atoms with Crippen LogP contribution in [0.25, 0.3) is 5.82 Å². The van der Waals surface area contributed by atoms with Gasteiger partial charge >= 0.3 is 0 Å². The number of halogens is 2. The number of nitrogens with zero attached hydrogens (tertiary/aromatic N) is 3. The fourth-order valence-corrected chi connectivity index (χ4v) is 3.62. The van der Waals surface area contributed by atoms with Gasteiger partial charge in [0.15, 0.2) is 0 Å². The van der Waals surface area contributed by atoms with E-state index in [0.717, 1.165) is 48.7 Å². The summed E-state index contributed by atoms with van der Waals surface area (Å²) < 4.78 is 2.04. The van der Waals surface area contributed by atoms with Crippen LogP contribution in [-0.2, 0) is 0 Å². The van der Waals surface area contributed by atoms with Crippen LogP contribution in [0, 0.1) is 19.8 Å². The highest BCUT2D eigenvalue weighted by molar-refractivity contribution is 5.96. The Morgan fingerprint density at radius 3 is 2.42 bits per heavy atom. The summed E-state index contributed by atoms with van der Waals surface area (Å²) in [4.78, 5) is 19.3. The van der Waals surface area contributed by atoms with Crippen LogP contribution >= 0.6 is 24.8 Å². The van der Waals surface area contributed by atoms with Crippen molar-refractivity contribution in [1.82, 2.24) is 14.5 Å². The lowest BCUT2D eigenvalue weighted by Gasteiger charge is -2.33. The highest BCUT2D eigenvalue weighted by Crippen LogP contribution is 2.24. The van der Waals surface area contributed by atoms with Gasteiger partial charge in [0, 0.05) is 36.7 Å². The van der Waals surface area contributed by atoms with Crippen LogP contribution < -0.4 is 5.73 Å². The van der Waals surface area contributed by atoms with E-state index in [0.29, 0.717) is 5.92 Å². The molecule has 7 heteroatoms. The molecule has 1 aliphatic heterocycles. The number of hydrogen-bond acceptors (Lipinski definition) is 3. The summed E-state index contributed by atoms with van der Waals surface area (Å²) in [6.07, 6.45) is 3.75. The minimum absolute atomic E-state index is 0. The van der Waals surface area contributed by atoms with Gasteiger partial charge in [-0.05, 0) is 57.7 Å². The number of piperidine rings is 1. The van der Waals surface area contributed by atoms with Crippen molar-refractivity contribution in [3.63, 3.8) is 0 Å². The lowest BCUT2D eigenvalue weighted by molar-refractivity contribution is 0.0680. The van der Waals surface area contributed by atoms with Gasteiger partial charge in [-0.1, -0.05) is 6.07 Å². The molecule has 2 aromatic rings. The van der Waals surface area contributed by atoms with E-state index in [1.807, 2.05) is 47.6 Å². The smallest absolute Gasteiger partial charge is 0.255 e. The average Bonchev–Trinajstić information content (AvgIpc) is 2.89. The van der Waals surface area contributed by atoms with Gasteiger partial charge in [-0.15, -0.1) is 24.8 Å². The summed E-state index contributed by atoms with van der Waals surface area (Å²) in [6, 6.07) is 8.00. The molecule has 5 nitrogen and oxygen atoms in total. The number of aromatic nitrogens is 2. The third-order valence-corrected chi connectivity index (χ3v) is 5.11. The molecule has 1 atom stereocenters. The van der Waals surface area contributed by atoms with Crippen molar-refractivity contribution in [3.8, 4) is 5.82 Å². The van der Waals surface area contributed by atoms with Crippen LogP contribution in [0.5, 0.6) is 0 Å². The molecule has 144 valence electrons. The summed E-state index contributed by atoms with van der Waals surface area (Å²) in [6.45, 7) is 7.64. The number of hydrogen-bond donors (Lipinski definition) is 1. The molecule has 0 radical (unpaired) electrons. The quantitative estimate of drug-likeness (QED) is 0.859. The second kappa shape index (κ2) is 9.40. The van der Waals surface area contributed by atoms with Gasteiger partial charge in [0.25, 0.3) is 5.91 Å². The molecule has 1 saturated heterocycles. The van der Waals surface area contributed by atoms with Crippen molar-refractivity contribution < 1.29 is 4.79 Å². The Labute approximate surface area is 167 Å². The molecule has 1 fully saturated rings. The minimum Gasteiger partial charge on any atom is -0.339 e. The van der Waals surface area contributed by atoms with Crippen molar-refractivity contribution >= 4 is 30.7 Å². The molecular formula is C19H28Cl2N4O. The van der Waals surface area contributed by atoms with Crippen LogP contribution in [0.3, 0.4) is 0 Å². The van der Waals surface area contributed by atoms with Crippen LogP contribution in [-0.4, -0.2) is 39.5 Å². The number of carbonyl (C=O) groups is 1. The molecule has 2 aromatic heterocycles. The summed E-state index contributed by atoms with van der Waals surface area (Å²) in [5.74, 6) is 1.49. The number of nitrogens with two attached hydrogens (primary N) is 1. The monoisotopic (exact) mass is 398 g/mol. The third-order valence-electron chi connectivity index (χ3n) is 5.11. The first-order valence-electron chi connectivity index (χ1n) is 8.64. The maximum atomic E-state index is 13.0. The van der Waals surface area contributed by atoms with Crippen molar-refractivity contribution in [2.75, 3.05) is 13.1 Å². The van der Waals surface area contributed by atoms with Gasteiger partial charge in [0.2, 0.25) is 0 Å². The summed E-state index contributed by atoms with van der Waals surface area (Å²) in [5, 5.41) is 0. The summed E-state index contributed by atoms with van der Waals surface area (Å²) in [5.41, 5.74) is 8.75. The Hall–Kier alpha value is -1.56. The van der Waals surface area contributed by atoms with E-state index >= 15 is 0 Å². The standard InChI is InChI=1S/C19H26N4O.2ClH/c1-13-12-17(15(3)23(13)18-6-4-5-9-21-18)19(24)22-10-7-16(8-11-22)14(2)20;;/h4-6,9,12,14,16H,7-8,10-11,20H2,1-3H3;2*1H. The first-order valence-corrected chi connectivity index (χ1v) is 8.64. The molecule has 1 amide bonds. The van der Waals surface area contributed by atoms with Crippen LogP contribution in [0.1, 0.15) is 41.5 Å². The van der Waals surface area contributed by atoms with Crippen molar-refractivity contribution in [1.29, 1.82) is 0 Å². The zero-order valence-corrected chi connectivity index (χ0v) is 17.1. The molecular weight excluding hydrogens is 371 g/mol. The molecule has 0 bridgehead atoms. The fraction of sp³-hybridized carbons (Fsp3) is 0.474. The Morgan fingerprint density at radius 2 is 1.88 bits per heavy atom. The van der Waals surface area contributed by atoms with E-state index in [1.165, 1.54) is 0 Å². The Bertz CT molecular complexity index is 723. The molecule has 0 aromatic carbocycles. The summed E-state index contributed by atoms with van der Waals surface area (Å²) in [7, 11) is 0. The Balaban J connectivity index is 0.00000169. The Kier molecular flexibility index (Phi) is 8.13. The fourth-order valence-electron chi connectivity index (χ4n) is 3.62. The molecule has 26 heavy (non-hydrogen) atoms. The predicted octanol–water partition coefficient (Wildman–Crippen LogP) is 3.53. The van der Waals surface area contributed by atoms with Crippen molar-refractivity contribution in [2.45, 2.75) is 39.7 Å². The van der Waals surface area contributed by atoms with E-state index in [4.69, 9.17) is 5.73 Å². The number of pyridine rings is 1. The number of likely N-dealkylation sites (tertiary alicyclic amines) is 1. The van der Waals surface area contributed by atoms with Gasteiger partial charge in [-0.25, -0.2) is 4.98 Å². The van der Waals surface area contributed by atoms with E-state index < -0.39 is 0 Å². The second-order valence-corrected chi connectivity index (χ2v) is 6.80.